The fourth-order valence-corrected chi connectivity index (χ4v) is 2.66. The van der Waals surface area contributed by atoms with E-state index in [2.05, 4.69) is 0 Å². The summed E-state index contributed by atoms with van der Waals surface area (Å²) in [6.45, 7) is 0. The summed E-state index contributed by atoms with van der Waals surface area (Å²) in [5, 5.41) is 3.92. The van der Waals surface area contributed by atoms with Gasteiger partial charge in [-0.05, 0) is 40.6 Å². The van der Waals surface area contributed by atoms with Crippen LogP contribution in [0.25, 0.3) is 22.1 Å². The summed E-state index contributed by atoms with van der Waals surface area (Å²) in [5.74, 6) is -1.46. The van der Waals surface area contributed by atoms with Crippen molar-refractivity contribution < 1.29 is 13.6 Å². The molecule has 3 rings (SSSR count). The number of nitrogens with two attached hydrogens (primary N) is 1. The van der Waals surface area contributed by atoms with Crippen LogP contribution in [0.2, 0.25) is 0 Å². The molecule has 4 nitrogen and oxygen atoms in total. The van der Waals surface area contributed by atoms with Crippen molar-refractivity contribution in [2.45, 2.75) is 0 Å². The summed E-state index contributed by atoms with van der Waals surface area (Å²) in [4.78, 5) is 23.3. The van der Waals surface area contributed by atoms with Gasteiger partial charge in [0.05, 0.1) is 11.1 Å². The van der Waals surface area contributed by atoms with Gasteiger partial charge in [-0.2, -0.15) is 11.3 Å². The summed E-state index contributed by atoms with van der Waals surface area (Å²) in [6, 6.07) is 5.41. The topological polar surface area (TPSA) is 73.3 Å². The zero-order valence-electron chi connectivity index (χ0n) is 10.1. The molecule has 0 atom stereocenters. The summed E-state index contributed by atoms with van der Waals surface area (Å²) >= 11 is 1.43. The molecule has 6 heteroatoms. The first-order valence-electron chi connectivity index (χ1n) is 5.66. The van der Waals surface area contributed by atoms with E-state index in [0.29, 0.717) is 16.5 Å². The van der Waals surface area contributed by atoms with Crippen molar-refractivity contribution in [1.82, 2.24) is 0 Å². The molecule has 3 aromatic rings. The van der Waals surface area contributed by atoms with E-state index in [-0.39, 0.29) is 11.1 Å². The molecular weight excluding hydrogens is 281 g/mol. The van der Waals surface area contributed by atoms with Crippen LogP contribution in [0.1, 0.15) is 10.4 Å². The quantitative estimate of drug-likeness (QED) is 0.737. The number of carbonyl (C=O) groups excluding carboxylic acids is 1. The van der Waals surface area contributed by atoms with Gasteiger partial charge >= 0.3 is 5.63 Å². The zero-order chi connectivity index (χ0) is 14.3. The van der Waals surface area contributed by atoms with Crippen LogP contribution in [0.5, 0.6) is 0 Å². The SMILES string of the molecule is NC(=O)c1cc(F)cc2cc(-c3ccsc3)c(=O)oc12. The molecule has 0 spiro atoms. The lowest BCUT2D eigenvalue weighted by atomic mass is 10.1. The van der Waals surface area contributed by atoms with Crippen molar-refractivity contribution in [3.8, 4) is 11.1 Å². The second kappa shape index (κ2) is 4.57. The van der Waals surface area contributed by atoms with Crippen LogP contribution in [0.15, 0.2) is 44.2 Å². The maximum absolute atomic E-state index is 13.5. The Balaban J connectivity index is 2.37. The summed E-state index contributed by atoms with van der Waals surface area (Å²) < 4.78 is 18.7. The maximum atomic E-state index is 13.5. The Morgan fingerprint density at radius 3 is 2.75 bits per heavy atom. The number of primary amides is 1. The number of benzene rings is 1. The minimum Gasteiger partial charge on any atom is -0.421 e. The lowest BCUT2D eigenvalue weighted by Crippen LogP contribution is -2.13. The van der Waals surface area contributed by atoms with E-state index in [9.17, 15) is 14.0 Å². The highest BCUT2D eigenvalue weighted by atomic mass is 32.1. The summed E-state index contributed by atoms with van der Waals surface area (Å²) in [5.41, 5.74) is 5.44. The van der Waals surface area contributed by atoms with E-state index in [1.807, 2.05) is 5.38 Å². The van der Waals surface area contributed by atoms with Crippen molar-refractivity contribution in [2.24, 2.45) is 5.73 Å². The third kappa shape index (κ3) is 2.00. The first-order valence-corrected chi connectivity index (χ1v) is 6.60. The molecule has 0 saturated carbocycles. The van der Waals surface area contributed by atoms with Crippen LogP contribution >= 0.6 is 11.3 Å². The maximum Gasteiger partial charge on any atom is 0.344 e. The first kappa shape index (κ1) is 12.6. The van der Waals surface area contributed by atoms with Gasteiger partial charge in [-0.15, -0.1) is 0 Å². The first-order chi connectivity index (χ1) is 9.56. The van der Waals surface area contributed by atoms with Gasteiger partial charge < -0.3 is 10.2 Å². The second-order valence-electron chi connectivity index (χ2n) is 4.20. The van der Waals surface area contributed by atoms with Gasteiger partial charge in [-0.3, -0.25) is 4.79 Å². The molecule has 20 heavy (non-hydrogen) atoms. The number of halogens is 1. The van der Waals surface area contributed by atoms with E-state index in [4.69, 9.17) is 10.2 Å². The molecule has 0 aliphatic heterocycles. The molecule has 2 aromatic heterocycles. The predicted molar refractivity (Wildman–Crippen MR) is 74.3 cm³/mol. The standard InChI is InChI=1S/C14H8FNO3S/c15-9-3-8-4-10(7-1-2-20-6-7)14(18)19-12(8)11(5-9)13(16)17/h1-6H,(H2,16,17). The minimum absolute atomic E-state index is 0.00267. The zero-order valence-corrected chi connectivity index (χ0v) is 10.9. The van der Waals surface area contributed by atoms with Crippen molar-refractivity contribution in [1.29, 1.82) is 0 Å². The Kier molecular flexibility index (Phi) is 2.87. The molecule has 0 aliphatic carbocycles. The largest absolute Gasteiger partial charge is 0.421 e. The Morgan fingerprint density at radius 2 is 2.10 bits per heavy atom. The van der Waals surface area contributed by atoms with Crippen molar-refractivity contribution >= 4 is 28.2 Å². The Morgan fingerprint density at radius 1 is 1.30 bits per heavy atom. The minimum atomic E-state index is -0.846. The van der Waals surface area contributed by atoms with Crippen LogP contribution in [0.4, 0.5) is 4.39 Å². The number of hydrogen-bond acceptors (Lipinski definition) is 4. The Hall–Kier alpha value is -2.47. The monoisotopic (exact) mass is 289 g/mol. The highest BCUT2D eigenvalue weighted by molar-refractivity contribution is 7.08. The van der Waals surface area contributed by atoms with Crippen LogP contribution in [-0.2, 0) is 0 Å². The second-order valence-corrected chi connectivity index (χ2v) is 4.98. The number of thiophene rings is 1. The van der Waals surface area contributed by atoms with Gasteiger partial charge in [0.1, 0.15) is 5.82 Å². The molecule has 2 heterocycles. The van der Waals surface area contributed by atoms with Crippen LogP contribution in [0.3, 0.4) is 0 Å². The van der Waals surface area contributed by atoms with Crippen LogP contribution in [-0.4, -0.2) is 5.91 Å². The van der Waals surface area contributed by atoms with Crippen LogP contribution < -0.4 is 11.4 Å². The third-order valence-corrected chi connectivity index (χ3v) is 3.58. The molecule has 0 aliphatic rings. The molecule has 1 amide bonds. The van der Waals surface area contributed by atoms with E-state index < -0.39 is 17.3 Å². The number of fused-ring (bicyclic) bond motifs is 1. The summed E-state index contributed by atoms with van der Waals surface area (Å²) in [6.07, 6.45) is 0. The number of rotatable bonds is 2. The van der Waals surface area contributed by atoms with Gasteiger partial charge in [0.15, 0.2) is 5.58 Å². The molecule has 0 radical (unpaired) electrons. The van der Waals surface area contributed by atoms with Gasteiger partial charge in [-0.25, -0.2) is 9.18 Å². The van der Waals surface area contributed by atoms with Gasteiger partial charge in [0, 0.05) is 5.39 Å². The average Bonchev–Trinajstić information content (AvgIpc) is 2.91. The molecule has 0 saturated heterocycles. The van der Waals surface area contributed by atoms with Crippen molar-refractivity contribution in [3.05, 3.63) is 56.8 Å². The van der Waals surface area contributed by atoms with Crippen molar-refractivity contribution in [3.63, 3.8) is 0 Å². The van der Waals surface area contributed by atoms with Crippen molar-refractivity contribution in [2.75, 3.05) is 0 Å². The smallest absolute Gasteiger partial charge is 0.344 e. The lowest BCUT2D eigenvalue weighted by molar-refractivity contribution is 0.100. The van der Waals surface area contributed by atoms with E-state index >= 15 is 0 Å². The fourth-order valence-electron chi connectivity index (χ4n) is 2.00. The van der Waals surface area contributed by atoms with Gasteiger partial charge in [0.25, 0.3) is 5.91 Å². The summed E-state index contributed by atoms with van der Waals surface area (Å²) in [7, 11) is 0. The number of amides is 1. The molecule has 1 aromatic carbocycles. The number of hydrogen-bond donors (Lipinski definition) is 1. The average molecular weight is 289 g/mol. The molecule has 100 valence electrons. The van der Waals surface area contributed by atoms with E-state index in [1.165, 1.54) is 23.5 Å². The number of carbonyl (C=O) groups is 1. The lowest BCUT2D eigenvalue weighted by Gasteiger charge is -2.04. The molecule has 0 unspecified atom stereocenters. The van der Waals surface area contributed by atoms with E-state index in [1.54, 1.807) is 11.4 Å². The van der Waals surface area contributed by atoms with Gasteiger partial charge in [0.2, 0.25) is 0 Å². The Labute approximate surface area is 116 Å². The molecule has 0 bridgehead atoms. The van der Waals surface area contributed by atoms with Crippen LogP contribution in [0, 0.1) is 5.82 Å². The van der Waals surface area contributed by atoms with Gasteiger partial charge in [-0.1, -0.05) is 0 Å². The molecule has 0 fully saturated rings. The fraction of sp³-hybridized carbons (Fsp3) is 0. The highest BCUT2D eigenvalue weighted by Crippen LogP contribution is 2.25. The van der Waals surface area contributed by atoms with E-state index in [0.717, 1.165) is 6.07 Å². The molecule has 2 N–H and O–H groups in total. The normalized spacial score (nSPS) is 10.8. The third-order valence-electron chi connectivity index (χ3n) is 2.89. The predicted octanol–water partition coefficient (Wildman–Crippen LogP) is 2.76. The molecular formula is C14H8FNO3S. The highest BCUT2D eigenvalue weighted by Gasteiger charge is 2.15. The Bertz CT molecular complexity index is 868.